The summed E-state index contributed by atoms with van der Waals surface area (Å²) in [4.78, 5) is 12.8. The van der Waals surface area contributed by atoms with Crippen molar-refractivity contribution in [2.24, 2.45) is 11.8 Å². The number of hydrogen-bond acceptors (Lipinski definition) is 2. The van der Waals surface area contributed by atoms with E-state index in [-0.39, 0.29) is 17.9 Å². The molecule has 3 nitrogen and oxygen atoms in total. The Morgan fingerprint density at radius 2 is 1.96 bits per heavy atom. The van der Waals surface area contributed by atoms with Crippen LogP contribution in [0.25, 0.3) is 0 Å². The Morgan fingerprint density at radius 1 is 1.13 bits per heavy atom. The lowest BCUT2D eigenvalue weighted by Crippen LogP contribution is -2.37. The first-order valence-electron chi connectivity index (χ1n) is 9.00. The monoisotopic (exact) mass is 334 g/mol. The topological polar surface area (TPSA) is 41.1 Å². The highest BCUT2D eigenvalue weighted by atomic mass is 35.5. The van der Waals surface area contributed by atoms with E-state index in [4.69, 9.17) is 11.6 Å². The van der Waals surface area contributed by atoms with Crippen LogP contribution in [0.3, 0.4) is 0 Å². The van der Waals surface area contributed by atoms with E-state index in [0.717, 1.165) is 42.9 Å². The second-order valence-corrected chi connectivity index (χ2v) is 7.40. The normalized spacial score (nSPS) is 24.1. The second-order valence-electron chi connectivity index (χ2n) is 6.96. The van der Waals surface area contributed by atoms with Crippen LogP contribution in [0.4, 0.5) is 0 Å². The summed E-state index contributed by atoms with van der Waals surface area (Å²) in [5.74, 6) is 0.917. The highest BCUT2D eigenvalue weighted by Gasteiger charge is 2.30. The van der Waals surface area contributed by atoms with Gasteiger partial charge < -0.3 is 10.6 Å². The average Bonchev–Trinajstić information content (AvgIpc) is 2.94. The molecule has 2 fully saturated rings. The molecule has 1 aliphatic carbocycles. The molecule has 1 saturated carbocycles. The zero-order valence-electron chi connectivity index (χ0n) is 13.7. The van der Waals surface area contributed by atoms with Gasteiger partial charge in [-0.05, 0) is 68.8 Å². The highest BCUT2D eigenvalue weighted by molar-refractivity contribution is 6.30. The van der Waals surface area contributed by atoms with Crippen molar-refractivity contribution < 1.29 is 4.79 Å². The van der Waals surface area contributed by atoms with Gasteiger partial charge in [-0.1, -0.05) is 36.6 Å². The van der Waals surface area contributed by atoms with E-state index in [0.29, 0.717) is 5.92 Å². The zero-order valence-corrected chi connectivity index (χ0v) is 14.4. The number of rotatable bonds is 4. The Hall–Kier alpha value is -1.06. The van der Waals surface area contributed by atoms with Crippen LogP contribution in [0.2, 0.25) is 5.02 Å². The number of halogens is 1. The summed E-state index contributed by atoms with van der Waals surface area (Å²) in [6.45, 7) is 1.98. The molecule has 2 N–H and O–H groups in total. The van der Waals surface area contributed by atoms with Crippen LogP contribution in [-0.4, -0.2) is 19.0 Å². The predicted molar refractivity (Wildman–Crippen MR) is 94.5 cm³/mol. The Morgan fingerprint density at radius 3 is 2.74 bits per heavy atom. The van der Waals surface area contributed by atoms with Crippen molar-refractivity contribution in [2.45, 2.75) is 51.0 Å². The Bertz CT molecular complexity index is 520. The van der Waals surface area contributed by atoms with E-state index in [1.54, 1.807) is 0 Å². The lowest BCUT2D eigenvalue weighted by molar-refractivity contribution is -0.126. The summed E-state index contributed by atoms with van der Waals surface area (Å²) in [5.41, 5.74) is 1.16. The van der Waals surface area contributed by atoms with E-state index in [9.17, 15) is 4.79 Å². The Balaban J connectivity index is 1.73. The first kappa shape index (κ1) is 16.8. The van der Waals surface area contributed by atoms with Crippen molar-refractivity contribution in [2.75, 3.05) is 13.1 Å². The van der Waals surface area contributed by atoms with Gasteiger partial charge in [0.2, 0.25) is 5.91 Å². The quantitative estimate of drug-likeness (QED) is 0.871. The summed E-state index contributed by atoms with van der Waals surface area (Å²) in [6, 6.07) is 8.11. The minimum absolute atomic E-state index is 0.111. The van der Waals surface area contributed by atoms with E-state index >= 15 is 0 Å². The van der Waals surface area contributed by atoms with Crippen molar-refractivity contribution in [3.05, 3.63) is 34.9 Å². The number of amides is 1. The highest BCUT2D eigenvalue weighted by Crippen LogP contribution is 2.36. The molecule has 1 aromatic carbocycles. The van der Waals surface area contributed by atoms with E-state index in [2.05, 4.69) is 16.7 Å². The molecule has 1 aliphatic heterocycles. The van der Waals surface area contributed by atoms with E-state index in [1.807, 2.05) is 18.2 Å². The molecule has 1 unspecified atom stereocenters. The first-order chi connectivity index (χ1) is 11.2. The SMILES string of the molecule is O=C(N[C@H](c1cccc(Cl)c1)C1CCCC1)C1CCCNCC1. The smallest absolute Gasteiger partial charge is 0.223 e. The molecule has 1 saturated heterocycles. The van der Waals surface area contributed by atoms with Gasteiger partial charge in [-0.25, -0.2) is 0 Å². The molecular weight excluding hydrogens is 308 g/mol. The molecule has 4 heteroatoms. The molecule has 1 amide bonds. The first-order valence-corrected chi connectivity index (χ1v) is 9.38. The van der Waals surface area contributed by atoms with Gasteiger partial charge in [0, 0.05) is 10.9 Å². The van der Waals surface area contributed by atoms with Crippen LogP contribution in [0.15, 0.2) is 24.3 Å². The van der Waals surface area contributed by atoms with Crippen LogP contribution in [0.1, 0.15) is 56.6 Å². The van der Waals surface area contributed by atoms with Gasteiger partial charge in [0.25, 0.3) is 0 Å². The van der Waals surface area contributed by atoms with Crippen LogP contribution in [0.5, 0.6) is 0 Å². The minimum Gasteiger partial charge on any atom is -0.349 e. The third-order valence-corrected chi connectivity index (χ3v) is 5.56. The van der Waals surface area contributed by atoms with Crippen molar-refractivity contribution in [1.29, 1.82) is 0 Å². The fourth-order valence-corrected chi connectivity index (χ4v) is 4.22. The molecule has 23 heavy (non-hydrogen) atoms. The van der Waals surface area contributed by atoms with Crippen LogP contribution >= 0.6 is 11.6 Å². The lowest BCUT2D eigenvalue weighted by atomic mass is 9.90. The van der Waals surface area contributed by atoms with Crippen LogP contribution in [0, 0.1) is 11.8 Å². The molecular formula is C19H27ClN2O. The summed E-state index contributed by atoms with van der Waals surface area (Å²) < 4.78 is 0. The zero-order chi connectivity index (χ0) is 16.1. The summed E-state index contributed by atoms with van der Waals surface area (Å²) in [7, 11) is 0. The van der Waals surface area contributed by atoms with E-state index in [1.165, 1.54) is 25.7 Å². The minimum atomic E-state index is 0.111. The van der Waals surface area contributed by atoms with Gasteiger partial charge in [0.1, 0.15) is 0 Å². The number of hydrogen-bond donors (Lipinski definition) is 2. The lowest BCUT2D eigenvalue weighted by Gasteiger charge is -2.27. The Kier molecular flexibility index (Phi) is 5.96. The largest absolute Gasteiger partial charge is 0.349 e. The van der Waals surface area contributed by atoms with E-state index < -0.39 is 0 Å². The molecule has 0 bridgehead atoms. The summed E-state index contributed by atoms with van der Waals surface area (Å²) >= 11 is 6.18. The fraction of sp³-hybridized carbons (Fsp3) is 0.632. The standard InChI is InChI=1S/C19H27ClN2O/c20-17-9-3-7-16(13-17)18(14-5-1-2-6-14)22-19(23)15-8-4-11-21-12-10-15/h3,7,9,13-15,18,21H,1-2,4-6,8,10-12H2,(H,22,23)/t15?,18-/m0/s1. The molecule has 2 aliphatic rings. The molecule has 126 valence electrons. The number of carbonyl (C=O) groups excluding carboxylic acids is 1. The molecule has 0 radical (unpaired) electrons. The average molecular weight is 335 g/mol. The molecule has 3 rings (SSSR count). The third kappa shape index (κ3) is 4.48. The van der Waals surface area contributed by atoms with Gasteiger partial charge >= 0.3 is 0 Å². The number of nitrogens with one attached hydrogen (secondary N) is 2. The van der Waals surface area contributed by atoms with Crippen molar-refractivity contribution in [3.63, 3.8) is 0 Å². The van der Waals surface area contributed by atoms with Crippen molar-refractivity contribution >= 4 is 17.5 Å². The summed E-state index contributed by atoms with van der Waals surface area (Å²) in [6.07, 6.45) is 7.96. The van der Waals surface area contributed by atoms with Gasteiger partial charge in [0.15, 0.2) is 0 Å². The second kappa shape index (κ2) is 8.16. The molecule has 1 aromatic rings. The van der Waals surface area contributed by atoms with Gasteiger partial charge in [-0.2, -0.15) is 0 Å². The molecule has 1 heterocycles. The van der Waals surface area contributed by atoms with Crippen LogP contribution in [-0.2, 0) is 4.79 Å². The maximum Gasteiger partial charge on any atom is 0.223 e. The van der Waals surface area contributed by atoms with Crippen molar-refractivity contribution in [1.82, 2.24) is 10.6 Å². The van der Waals surface area contributed by atoms with Crippen LogP contribution < -0.4 is 10.6 Å². The van der Waals surface area contributed by atoms with Crippen molar-refractivity contribution in [3.8, 4) is 0 Å². The number of benzene rings is 1. The fourth-order valence-electron chi connectivity index (χ4n) is 4.02. The van der Waals surface area contributed by atoms with Gasteiger partial charge in [-0.15, -0.1) is 0 Å². The Labute approximate surface area is 144 Å². The third-order valence-electron chi connectivity index (χ3n) is 5.32. The van der Waals surface area contributed by atoms with Gasteiger partial charge in [-0.3, -0.25) is 4.79 Å². The summed E-state index contributed by atoms with van der Waals surface area (Å²) in [5, 5.41) is 7.51. The number of carbonyl (C=O) groups is 1. The maximum absolute atomic E-state index is 12.8. The molecule has 2 atom stereocenters. The predicted octanol–water partition coefficient (Wildman–Crippen LogP) is 4.08. The molecule has 0 spiro atoms. The maximum atomic E-state index is 12.8. The van der Waals surface area contributed by atoms with Gasteiger partial charge in [0.05, 0.1) is 6.04 Å². The molecule has 0 aromatic heterocycles.